The molecular formula is C23H42O5. The smallest absolute Gasteiger partial charge is 0.305 e. The van der Waals surface area contributed by atoms with Gasteiger partial charge in [0.05, 0.1) is 6.61 Å². The molecule has 0 saturated heterocycles. The molecular weight excluding hydrogens is 356 g/mol. The molecule has 0 unspecified atom stereocenters. The molecule has 0 aliphatic rings. The maximum atomic E-state index is 11.6. The van der Waals surface area contributed by atoms with Crippen molar-refractivity contribution in [3.63, 3.8) is 0 Å². The Labute approximate surface area is 171 Å². The van der Waals surface area contributed by atoms with Crippen LogP contribution in [-0.4, -0.2) is 36.4 Å². The van der Waals surface area contributed by atoms with Crippen LogP contribution in [0.25, 0.3) is 0 Å². The number of carbonyl (C=O) groups is 2. The second kappa shape index (κ2) is 20.4. The second-order valence-electron chi connectivity index (χ2n) is 7.43. The third-order valence-electron chi connectivity index (χ3n) is 4.61. The van der Waals surface area contributed by atoms with Gasteiger partial charge in [-0.25, -0.2) is 0 Å². The molecule has 28 heavy (non-hydrogen) atoms. The number of esters is 2. The van der Waals surface area contributed by atoms with Crippen LogP contribution in [0.15, 0.2) is 12.2 Å². The van der Waals surface area contributed by atoms with Crippen LogP contribution in [0.1, 0.15) is 104 Å². The van der Waals surface area contributed by atoms with Gasteiger partial charge in [0.1, 0.15) is 6.61 Å². The molecule has 0 aliphatic carbocycles. The maximum absolute atomic E-state index is 11.6. The highest BCUT2D eigenvalue weighted by molar-refractivity contribution is 5.69. The third kappa shape index (κ3) is 19.4. The molecule has 1 N–H and O–H groups in total. The number of ether oxygens (including phenoxy) is 2. The van der Waals surface area contributed by atoms with Crippen LogP contribution in [0.2, 0.25) is 0 Å². The van der Waals surface area contributed by atoms with Crippen LogP contribution in [0.5, 0.6) is 0 Å². The molecule has 0 spiro atoms. The Bertz CT molecular complexity index is 406. The Morgan fingerprint density at radius 2 is 1.39 bits per heavy atom. The first-order valence-corrected chi connectivity index (χ1v) is 11.2. The van der Waals surface area contributed by atoms with E-state index in [2.05, 4.69) is 19.1 Å². The summed E-state index contributed by atoms with van der Waals surface area (Å²) in [6, 6.07) is 0. The van der Waals surface area contributed by atoms with Crippen molar-refractivity contribution in [3.05, 3.63) is 12.2 Å². The zero-order valence-corrected chi connectivity index (χ0v) is 18.1. The molecule has 5 heteroatoms. The zero-order chi connectivity index (χ0) is 20.9. The fourth-order valence-electron chi connectivity index (χ4n) is 2.96. The van der Waals surface area contributed by atoms with Crippen molar-refractivity contribution in [2.75, 3.05) is 13.2 Å². The van der Waals surface area contributed by atoms with Gasteiger partial charge in [0.25, 0.3) is 0 Å². The zero-order valence-electron chi connectivity index (χ0n) is 18.1. The number of carbonyl (C=O) groups excluding carboxylic acids is 2. The predicted octanol–water partition coefficient (Wildman–Crippen LogP) is 5.49. The Balaban J connectivity index is 3.39. The quantitative estimate of drug-likeness (QED) is 0.177. The van der Waals surface area contributed by atoms with Crippen molar-refractivity contribution in [2.24, 2.45) is 0 Å². The van der Waals surface area contributed by atoms with Gasteiger partial charge >= 0.3 is 11.9 Å². The summed E-state index contributed by atoms with van der Waals surface area (Å²) in [5.74, 6) is -0.796. The second-order valence-corrected chi connectivity index (χ2v) is 7.43. The topological polar surface area (TPSA) is 72.8 Å². The van der Waals surface area contributed by atoms with Crippen molar-refractivity contribution in [3.8, 4) is 0 Å². The Morgan fingerprint density at radius 3 is 1.93 bits per heavy atom. The first-order valence-electron chi connectivity index (χ1n) is 11.2. The monoisotopic (exact) mass is 398 g/mol. The normalized spacial score (nSPS) is 12.2. The lowest BCUT2D eigenvalue weighted by molar-refractivity contribution is -0.159. The highest BCUT2D eigenvalue weighted by Crippen LogP contribution is 2.10. The number of rotatable bonds is 19. The van der Waals surface area contributed by atoms with Crippen molar-refractivity contribution in [1.29, 1.82) is 0 Å². The molecule has 0 fully saturated rings. The number of hydrogen-bond acceptors (Lipinski definition) is 5. The fraction of sp³-hybridized carbons (Fsp3) is 0.826. The van der Waals surface area contributed by atoms with Gasteiger partial charge in [-0.2, -0.15) is 0 Å². The minimum atomic E-state index is -0.768. The Hall–Kier alpha value is -1.36. The van der Waals surface area contributed by atoms with E-state index in [1.54, 1.807) is 0 Å². The third-order valence-corrected chi connectivity index (χ3v) is 4.61. The van der Waals surface area contributed by atoms with Crippen LogP contribution in [0.3, 0.4) is 0 Å². The van der Waals surface area contributed by atoms with Crippen LogP contribution >= 0.6 is 0 Å². The van der Waals surface area contributed by atoms with E-state index in [0.29, 0.717) is 6.42 Å². The summed E-state index contributed by atoms with van der Waals surface area (Å²) < 4.78 is 9.84. The minimum absolute atomic E-state index is 0.0833. The summed E-state index contributed by atoms with van der Waals surface area (Å²) in [7, 11) is 0. The molecule has 1 atom stereocenters. The molecule has 5 nitrogen and oxygen atoms in total. The standard InChI is InChI=1S/C23H42O5/c1-3-4-5-6-7-8-9-10-11-12-13-14-15-16-17-18-23(26)27-20-22(19-24)28-21(2)25/h10-11,22,24H,3-9,12-20H2,1-2H3/b11-10+/t22-/m1/s1. The summed E-state index contributed by atoms with van der Waals surface area (Å²) in [5.41, 5.74) is 0. The summed E-state index contributed by atoms with van der Waals surface area (Å²) >= 11 is 0. The number of hydrogen-bond donors (Lipinski definition) is 1. The van der Waals surface area contributed by atoms with E-state index in [-0.39, 0.29) is 19.2 Å². The van der Waals surface area contributed by atoms with Gasteiger partial charge in [-0.3, -0.25) is 9.59 Å². The van der Waals surface area contributed by atoms with E-state index in [0.717, 1.165) is 25.7 Å². The predicted molar refractivity (Wildman–Crippen MR) is 113 cm³/mol. The average molecular weight is 399 g/mol. The van der Waals surface area contributed by atoms with Gasteiger partial charge < -0.3 is 14.6 Å². The number of allylic oxidation sites excluding steroid dienone is 2. The molecule has 0 aliphatic heterocycles. The largest absolute Gasteiger partial charge is 0.462 e. The number of aliphatic hydroxyl groups is 1. The van der Waals surface area contributed by atoms with Crippen molar-refractivity contribution in [2.45, 2.75) is 110 Å². The molecule has 0 bridgehead atoms. The number of aliphatic hydroxyl groups excluding tert-OH is 1. The lowest BCUT2D eigenvalue weighted by Crippen LogP contribution is -2.27. The first-order chi connectivity index (χ1) is 13.6. The maximum Gasteiger partial charge on any atom is 0.305 e. The van der Waals surface area contributed by atoms with Crippen LogP contribution < -0.4 is 0 Å². The molecule has 0 radical (unpaired) electrons. The SMILES string of the molecule is CCCCCCCC/C=C/CCCCCCCC(=O)OC[C@@H](CO)OC(C)=O. The van der Waals surface area contributed by atoms with Crippen molar-refractivity contribution < 1.29 is 24.2 Å². The molecule has 164 valence electrons. The molecule has 0 aromatic carbocycles. The summed E-state index contributed by atoms with van der Waals surface area (Å²) in [6.45, 7) is 3.08. The summed E-state index contributed by atoms with van der Waals surface area (Å²) in [4.78, 5) is 22.4. The number of unbranched alkanes of at least 4 members (excludes halogenated alkanes) is 11. The van der Waals surface area contributed by atoms with Gasteiger partial charge in [0.2, 0.25) is 0 Å². The summed E-state index contributed by atoms with van der Waals surface area (Å²) in [6.07, 6.45) is 20.1. The van der Waals surface area contributed by atoms with E-state index in [1.165, 1.54) is 64.7 Å². The first kappa shape index (κ1) is 26.6. The van der Waals surface area contributed by atoms with E-state index in [4.69, 9.17) is 14.6 Å². The van der Waals surface area contributed by atoms with E-state index < -0.39 is 12.1 Å². The summed E-state index contributed by atoms with van der Waals surface area (Å²) in [5, 5.41) is 9.03. The van der Waals surface area contributed by atoms with Crippen molar-refractivity contribution in [1.82, 2.24) is 0 Å². The molecule has 0 saturated carbocycles. The van der Waals surface area contributed by atoms with Crippen LogP contribution in [0, 0.1) is 0 Å². The van der Waals surface area contributed by atoms with E-state index in [9.17, 15) is 9.59 Å². The van der Waals surface area contributed by atoms with Gasteiger partial charge in [-0.15, -0.1) is 0 Å². The lowest BCUT2D eigenvalue weighted by Gasteiger charge is -2.14. The van der Waals surface area contributed by atoms with Gasteiger partial charge in [0, 0.05) is 13.3 Å². The van der Waals surface area contributed by atoms with E-state index in [1.807, 2.05) is 0 Å². The Morgan fingerprint density at radius 1 is 0.857 bits per heavy atom. The Kier molecular flexibility index (Phi) is 19.4. The van der Waals surface area contributed by atoms with E-state index >= 15 is 0 Å². The highest BCUT2D eigenvalue weighted by Gasteiger charge is 2.13. The van der Waals surface area contributed by atoms with Gasteiger partial charge in [-0.05, 0) is 32.1 Å². The van der Waals surface area contributed by atoms with Crippen LogP contribution in [-0.2, 0) is 19.1 Å². The average Bonchev–Trinajstić information content (AvgIpc) is 2.67. The minimum Gasteiger partial charge on any atom is -0.462 e. The van der Waals surface area contributed by atoms with Crippen LogP contribution in [0.4, 0.5) is 0 Å². The molecule has 0 aromatic heterocycles. The molecule has 0 amide bonds. The highest BCUT2D eigenvalue weighted by atomic mass is 16.6. The lowest BCUT2D eigenvalue weighted by atomic mass is 10.1. The molecule has 0 heterocycles. The molecule has 0 rings (SSSR count). The fourth-order valence-corrected chi connectivity index (χ4v) is 2.96. The van der Waals surface area contributed by atoms with Gasteiger partial charge in [0.15, 0.2) is 6.10 Å². The van der Waals surface area contributed by atoms with Gasteiger partial charge in [-0.1, -0.05) is 70.4 Å². The van der Waals surface area contributed by atoms with Crippen molar-refractivity contribution >= 4 is 11.9 Å². The molecule has 0 aromatic rings.